The molecule has 5 nitrogen and oxygen atoms in total. The molecule has 2 aromatic heterocycles. The van der Waals surface area contributed by atoms with Crippen LogP contribution >= 0.6 is 39.7 Å². The van der Waals surface area contributed by atoms with Gasteiger partial charge in [0.25, 0.3) is 5.89 Å². The van der Waals surface area contributed by atoms with Gasteiger partial charge in [0.1, 0.15) is 0 Å². The van der Waals surface area contributed by atoms with Crippen molar-refractivity contribution in [2.24, 2.45) is 0 Å². The van der Waals surface area contributed by atoms with Gasteiger partial charge in [-0.25, -0.2) is 0 Å². The van der Waals surface area contributed by atoms with Gasteiger partial charge in [0.15, 0.2) is 5.82 Å². The molecule has 0 bridgehead atoms. The Kier molecular flexibility index (Phi) is 4.97. The molecule has 8 heteroatoms. The van der Waals surface area contributed by atoms with Crippen molar-refractivity contribution in [3.05, 3.63) is 21.7 Å². The molecule has 19 heavy (non-hydrogen) atoms. The summed E-state index contributed by atoms with van der Waals surface area (Å²) < 4.78 is 6.40. The van der Waals surface area contributed by atoms with Crippen LogP contribution in [0.3, 0.4) is 0 Å². The maximum Gasteiger partial charge on any atom is 0.268 e. The highest BCUT2D eigenvalue weighted by Gasteiger charge is 2.25. The Hall–Kier alpha value is -0.470. The summed E-state index contributed by atoms with van der Waals surface area (Å²) in [6.45, 7) is 2.87. The first-order chi connectivity index (χ1) is 8.74. The molecule has 0 spiro atoms. The van der Waals surface area contributed by atoms with E-state index in [-0.39, 0.29) is 18.4 Å². The molecule has 0 saturated carbocycles. The van der Waals surface area contributed by atoms with Crippen LogP contribution in [0.4, 0.5) is 0 Å². The predicted molar refractivity (Wildman–Crippen MR) is 80.8 cm³/mol. The fraction of sp³-hybridized carbons (Fsp3) is 0.455. The highest BCUT2D eigenvalue weighted by Crippen LogP contribution is 2.31. The lowest BCUT2D eigenvalue weighted by molar-refractivity contribution is 0.190. The number of rotatable bonds is 2. The first kappa shape index (κ1) is 14.9. The van der Waals surface area contributed by atoms with Gasteiger partial charge in [-0.1, -0.05) is 5.16 Å². The van der Waals surface area contributed by atoms with E-state index < -0.39 is 0 Å². The van der Waals surface area contributed by atoms with E-state index in [1.807, 2.05) is 12.1 Å². The summed E-state index contributed by atoms with van der Waals surface area (Å²) in [5.41, 5.74) is 0. The largest absolute Gasteiger partial charge is 0.333 e. The number of thiophene rings is 1. The lowest BCUT2D eigenvalue weighted by atomic mass is 10.2. The summed E-state index contributed by atoms with van der Waals surface area (Å²) in [4.78, 5) is 7.74. The summed E-state index contributed by atoms with van der Waals surface area (Å²) in [6.07, 6.45) is 0. The minimum Gasteiger partial charge on any atom is -0.333 e. The van der Waals surface area contributed by atoms with Gasteiger partial charge in [0.2, 0.25) is 0 Å². The second-order valence-corrected chi connectivity index (χ2v) is 6.73. The molecule has 1 aliphatic rings. The molecule has 0 aliphatic carbocycles. The Labute approximate surface area is 129 Å². The van der Waals surface area contributed by atoms with Gasteiger partial charge in [-0.3, -0.25) is 4.90 Å². The highest BCUT2D eigenvalue weighted by molar-refractivity contribution is 9.11. The van der Waals surface area contributed by atoms with Crippen molar-refractivity contribution in [2.45, 2.75) is 6.04 Å². The fourth-order valence-corrected chi connectivity index (χ4v) is 3.30. The molecule has 1 fully saturated rings. The third-order valence-corrected chi connectivity index (χ3v) is 4.65. The van der Waals surface area contributed by atoms with Crippen molar-refractivity contribution >= 4 is 39.7 Å². The predicted octanol–water partition coefficient (Wildman–Crippen LogP) is 2.56. The van der Waals surface area contributed by atoms with Gasteiger partial charge < -0.3 is 9.84 Å². The van der Waals surface area contributed by atoms with E-state index in [0.717, 1.165) is 34.1 Å². The summed E-state index contributed by atoms with van der Waals surface area (Å²) in [5, 5.41) is 7.45. The summed E-state index contributed by atoms with van der Waals surface area (Å²) in [6, 6.07) is 4.16. The minimum absolute atomic E-state index is 0. The molecule has 1 saturated heterocycles. The zero-order valence-corrected chi connectivity index (χ0v) is 13.5. The van der Waals surface area contributed by atoms with Crippen molar-refractivity contribution in [1.82, 2.24) is 20.4 Å². The zero-order chi connectivity index (χ0) is 12.5. The SMILES string of the molecule is CN1CCNCC1c1noc(-c2ccc(Br)s2)n1.Cl. The lowest BCUT2D eigenvalue weighted by Gasteiger charge is -2.30. The van der Waals surface area contributed by atoms with Gasteiger partial charge in [0, 0.05) is 19.6 Å². The quantitative estimate of drug-likeness (QED) is 0.886. The van der Waals surface area contributed by atoms with E-state index in [9.17, 15) is 0 Å². The van der Waals surface area contributed by atoms with E-state index in [4.69, 9.17) is 4.52 Å². The zero-order valence-electron chi connectivity index (χ0n) is 10.3. The van der Waals surface area contributed by atoms with Crippen LogP contribution < -0.4 is 5.32 Å². The molecule has 1 unspecified atom stereocenters. The number of likely N-dealkylation sites (N-methyl/N-ethyl adjacent to an activating group) is 1. The number of nitrogens with one attached hydrogen (secondary N) is 1. The van der Waals surface area contributed by atoms with Crippen LogP contribution in [-0.2, 0) is 0 Å². The number of hydrogen-bond acceptors (Lipinski definition) is 6. The van der Waals surface area contributed by atoms with Crippen molar-refractivity contribution in [3.63, 3.8) is 0 Å². The van der Waals surface area contributed by atoms with Crippen molar-refractivity contribution in [2.75, 3.05) is 26.7 Å². The molecule has 3 rings (SSSR count). The van der Waals surface area contributed by atoms with E-state index in [2.05, 4.69) is 43.3 Å². The molecule has 3 heterocycles. The van der Waals surface area contributed by atoms with Gasteiger partial charge in [-0.05, 0) is 35.1 Å². The number of halogens is 2. The molecule has 1 atom stereocenters. The van der Waals surface area contributed by atoms with Gasteiger partial charge >= 0.3 is 0 Å². The number of piperazine rings is 1. The molecule has 2 aromatic rings. The Morgan fingerprint density at radius 1 is 1.53 bits per heavy atom. The van der Waals surface area contributed by atoms with Gasteiger partial charge in [-0.2, -0.15) is 4.98 Å². The van der Waals surface area contributed by atoms with Crippen LogP contribution in [0.25, 0.3) is 10.8 Å². The monoisotopic (exact) mass is 364 g/mol. The number of aromatic nitrogens is 2. The normalized spacial score (nSPS) is 20.2. The average molecular weight is 366 g/mol. The molecule has 0 amide bonds. The van der Waals surface area contributed by atoms with E-state index in [0.29, 0.717) is 5.89 Å². The Morgan fingerprint density at radius 2 is 2.37 bits per heavy atom. The Bertz CT molecular complexity index is 546. The minimum atomic E-state index is 0. The molecule has 1 N–H and O–H groups in total. The summed E-state index contributed by atoms with van der Waals surface area (Å²) >= 11 is 5.03. The Balaban J connectivity index is 0.00000133. The lowest BCUT2D eigenvalue weighted by Crippen LogP contribution is -2.44. The van der Waals surface area contributed by atoms with Crippen molar-refractivity contribution in [1.29, 1.82) is 0 Å². The maximum absolute atomic E-state index is 5.34. The van der Waals surface area contributed by atoms with Crippen LogP contribution in [0.5, 0.6) is 0 Å². The molecular formula is C11H14BrClN4OS. The fourth-order valence-electron chi connectivity index (χ4n) is 1.99. The van der Waals surface area contributed by atoms with Crippen LogP contribution in [0.15, 0.2) is 20.4 Å². The topological polar surface area (TPSA) is 54.2 Å². The van der Waals surface area contributed by atoms with Crippen LogP contribution in [0.2, 0.25) is 0 Å². The van der Waals surface area contributed by atoms with E-state index >= 15 is 0 Å². The third-order valence-electron chi connectivity index (χ3n) is 3.03. The Morgan fingerprint density at radius 3 is 3.05 bits per heavy atom. The van der Waals surface area contributed by atoms with Gasteiger partial charge in [0.05, 0.1) is 14.7 Å². The molecule has 0 radical (unpaired) electrons. The maximum atomic E-state index is 5.34. The smallest absolute Gasteiger partial charge is 0.268 e. The summed E-state index contributed by atoms with van der Waals surface area (Å²) in [7, 11) is 2.09. The van der Waals surface area contributed by atoms with Crippen LogP contribution in [0, 0.1) is 0 Å². The number of hydrogen-bond donors (Lipinski definition) is 1. The number of nitrogens with zero attached hydrogens (tertiary/aromatic N) is 3. The average Bonchev–Trinajstić information content (AvgIpc) is 2.98. The van der Waals surface area contributed by atoms with E-state index in [1.165, 1.54) is 0 Å². The molecular weight excluding hydrogens is 352 g/mol. The molecule has 0 aromatic carbocycles. The molecule has 104 valence electrons. The van der Waals surface area contributed by atoms with Crippen LogP contribution in [-0.4, -0.2) is 41.7 Å². The van der Waals surface area contributed by atoms with Gasteiger partial charge in [-0.15, -0.1) is 23.7 Å². The van der Waals surface area contributed by atoms with Crippen molar-refractivity contribution < 1.29 is 4.52 Å². The van der Waals surface area contributed by atoms with E-state index in [1.54, 1.807) is 11.3 Å². The first-order valence-electron chi connectivity index (χ1n) is 5.74. The molecule has 1 aliphatic heterocycles. The second kappa shape index (κ2) is 6.32. The van der Waals surface area contributed by atoms with Crippen LogP contribution in [0.1, 0.15) is 11.9 Å². The second-order valence-electron chi connectivity index (χ2n) is 4.26. The first-order valence-corrected chi connectivity index (χ1v) is 7.35. The standard InChI is InChI=1S/C11H13BrN4OS.ClH/c1-16-5-4-13-6-7(16)10-14-11(17-15-10)8-2-3-9(12)18-8;/h2-3,7,13H,4-6H2,1H3;1H. The third kappa shape index (κ3) is 3.17. The van der Waals surface area contributed by atoms with Crippen molar-refractivity contribution in [3.8, 4) is 10.8 Å². The highest BCUT2D eigenvalue weighted by atomic mass is 79.9. The summed E-state index contributed by atoms with van der Waals surface area (Å²) in [5.74, 6) is 1.35.